The number of benzene rings is 2. The number of ether oxygens (including phenoxy) is 1. The zero-order valence-corrected chi connectivity index (χ0v) is 19.9. The third kappa shape index (κ3) is 4.44. The second kappa shape index (κ2) is 9.91. The van der Waals surface area contributed by atoms with E-state index in [1.807, 2.05) is 69.3 Å². The van der Waals surface area contributed by atoms with Crippen molar-refractivity contribution in [1.82, 2.24) is 14.8 Å². The second-order valence-corrected chi connectivity index (χ2v) is 8.18. The number of allylic oxidation sites excluding steroid dienone is 1. The lowest BCUT2D eigenvalue weighted by Crippen LogP contribution is -2.41. The number of hydrogen-bond acceptors (Lipinski definition) is 6. The SMILES string of the molecule is CCOC(=O)C1=C(C)N(CC(=O)Nc2ccccc2CC)c2ncnn2[C@@H]1c1ccc(C)cc1. The Hall–Kier alpha value is -3.94. The fraction of sp³-hybridized carbons (Fsp3) is 0.308. The highest BCUT2D eigenvalue weighted by molar-refractivity contribution is 5.97. The van der Waals surface area contributed by atoms with E-state index in [0.29, 0.717) is 17.2 Å². The molecule has 0 unspecified atom stereocenters. The van der Waals surface area contributed by atoms with Gasteiger partial charge < -0.3 is 15.0 Å². The summed E-state index contributed by atoms with van der Waals surface area (Å²) in [6, 6.07) is 15.2. The van der Waals surface area contributed by atoms with Gasteiger partial charge in [-0.2, -0.15) is 10.1 Å². The number of carbonyl (C=O) groups excluding carboxylic acids is 2. The molecule has 1 aliphatic rings. The van der Waals surface area contributed by atoms with E-state index in [4.69, 9.17) is 4.74 Å². The monoisotopic (exact) mass is 459 g/mol. The lowest BCUT2D eigenvalue weighted by Gasteiger charge is -2.35. The van der Waals surface area contributed by atoms with Gasteiger partial charge in [0.15, 0.2) is 0 Å². The normalized spacial score (nSPS) is 15.2. The molecule has 2 heterocycles. The zero-order valence-electron chi connectivity index (χ0n) is 19.9. The van der Waals surface area contributed by atoms with Gasteiger partial charge in [0.2, 0.25) is 11.9 Å². The number of esters is 1. The first-order chi connectivity index (χ1) is 16.4. The average Bonchev–Trinajstić information content (AvgIpc) is 3.31. The van der Waals surface area contributed by atoms with Gasteiger partial charge in [0.1, 0.15) is 18.9 Å². The molecular weight excluding hydrogens is 430 g/mol. The van der Waals surface area contributed by atoms with Gasteiger partial charge in [-0.3, -0.25) is 4.79 Å². The fourth-order valence-electron chi connectivity index (χ4n) is 4.23. The summed E-state index contributed by atoms with van der Waals surface area (Å²) in [7, 11) is 0. The maximum atomic E-state index is 13.1. The van der Waals surface area contributed by atoms with Gasteiger partial charge in [0.05, 0.1) is 12.2 Å². The number of hydrogen-bond donors (Lipinski definition) is 1. The van der Waals surface area contributed by atoms with Crippen molar-refractivity contribution >= 4 is 23.5 Å². The Labute approximate surface area is 199 Å². The molecule has 8 heteroatoms. The van der Waals surface area contributed by atoms with E-state index in [9.17, 15) is 9.59 Å². The molecular formula is C26H29N5O3. The number of aromatic nitrogens is 3. The fourth-order valence-corrected chi connectivity index (χ4v) is 4.23. The smallest absolute Gasteiger partial charge is 0.338 e. The molecule has 1 aliphatic heterocycles. The van der Waals surface area contributed by atoms with E-state index >= 15 is 0 Å². The number of nitrogens with one attached hydrogen (secondary N) is 1. The summed E-state index contributed by atoms with van der Waals surface area (Å²) in [6.45, 7) is 7.87. The molecule has 0 bridgehead atoms. The Kier molecular flexibility index (Phi) is 6.77. The predicted octanol–water partition coefficient (Wildman–Crippen LogP) is 4.03. The molecule has 0 fully saturated rings. The largest absolute Gasteiger partial charge is 0.463 e. The van der Waals surface area contributed by atoms with Crippen LogP contribution in [0.25, 0.3) is 0 Å². The number of nitrogens with zero attached hydrogens (tertiary/aromatic N) is 4. The number of amides is 1. The van der Waals surface area contributed by atoms with Crippen LogP contribution < -0.4 is 10.2 Å². The summed E-state index contributed by atoms with van der Waals surface area (Å²) in [5, 5.41) is 7.42. The summed E-state index contributed by atoms with van der Waals surface area (Å²) < 4.78 is 7.09. The van der Waals surface area contributed by atoms with Crippen LogP contribution in [0.4, 0.5) is 11.6 Å². The molecule has 2 aromatic carbocycles. The maximum absolute atomic E-state index is 13.1. The summed E-state index contributed by atoms with van der Waals surface area (Å²) in [5.74, 6) is -0.157. The highest BCUT2D eigenvalue weighted by Crippen LogP contribution is 2.38. The van der Waals surface area contributed by atoms with Gasteiger partial charge in [-0.1, -0.05) is 55.0 Å². The third-order valence-corrected chi connectivity index (χ3v) is 5.97. The Morgan fingerprint density at radius 1 is 1.06 bits per heavy atom. The molecule has 34 heavy (non-hydrogen) atoms. The highest BCUT2D eigenvalue weighted by atomic mass is 16.5. The summed E-state index contributed by atoms with van der Waals surface area (Å²) in [5.41, 5.74) is 4.88. The van der Waals surface area contributed by atoms with Crippen molar-refractivity contribution < 1.29 is 14.3 Å². The van der Waals surface area contributed by atoms with Crippen LogP contribution in [-0.2, 0) is 20.7 Å². The molecule has 0 saturated heterocycles. The van der Waals surface area contributed by atoms with Crippen molar-refractivity contribution in [2.75, 3.05) is 23.4 Å². The van der Waals surface area contributed by atoms with Gasteiger partial charge in [-0.25, -0.2) is 9.48 Å². The molecule has 4 rings (SSSR count). The first-order valence-electron chi connectivity index (χ1n) is 11.4. The predicted molar refractivity (Wildman–Crippen MR) is 130 cm³/mol. The molecule has 1 atom stereocenters. The van der Waals surface area contributed by atoms with Crippen LogP contribution in [0.1, 0.15) is 43.5 Å². The van der Waals surface area contributed by atoms with Crippen LogP contribution in [0.5, 0.6) is 0 Å². The van der Waals surface area contributed by atoms with Crippen LogP contribution in [0.15, 0.2) is 66.1 Å². The third-order valence-electron chi connectivity index (χ3n) is 5.97. The topological polar surface area (TPSA) is 89.3 Å². The van der Waals surface area contributed by atoms with Crippen LogP contribution >= 0.6 is 0 Å². The van der Waals surface area contributed by atoms with Crippen LogP contribution in [-0.4, -0.2) is 39.8 Å². The van der Waals surface area contributed by atoms with Crippen molar-refractivity contribution in [1.29, 1.82) is 0 Å². The minimum Gasteiger partial charge on any atom is -0.463 e. The number of rotatable bonds is 7. The van der Waals surface area contributed by atoms with Crippen LogP contribution in [0.3, 0.4) is 0 Å². The molecule has 1 aromatic heterocycles. The summed E-state index contributed by atoms with van der Waals surface area (Å²) in [4.78, 5) is 32.3. The molecule has 0 aliphatic carbocycles. The van der Waals surface area contributed by atoms with Gasteiger partial charge in [-0.15, -0.1) is 0 Å². The van der Waals surface area contributed by atoms with Gasteiger partial charge in [0.25, 0.3) is 0 Å². The van der Waals surface area contributed by atoms with Crippen molar-refractivity contribution in [3.8, 4) is 0 Å². The first kappa shape index (κ1) is 23.2. The van der Waals surface area contributed by atoms with E-state index in [1.165, 1.54) is 6.33 Å². The van der Waals surface area contributed by atoms with Gasteiger partial charge in [-0.05, 0) is 44.4 Å². The molecule has 1 N–H and O–H groups in total. The number of anilines is 2. The Morgan fingerprint density at radius 2 is 1.79 bits per heavy atom. The highest BCUT2D eigenvalue weighted by Gasteiger charge is 2.38. The average molecular weight is 460 g/mol. The van der Waals surface area contributed by atoms with E-state index in [-0.39, 0.29) is 19.1 Å². The number of fused-ring (bicyclic) bond motifs is 1. The lowest BCUT2D eigenvalue weighted by atomic mass is 9.94. The minimum absolute atomic E-state index is 0.0217. The van der Waals surface area contributed by atoms with Crippen molar-refractivity contribution in [3.05, 3.63) is 82.8 Å². The van der Waals surface area contributed by atoms with Crippen LogP contribution in [0.2, 0.25) is 0 Å². The molecule has 1 amide bonds. The molecule has 176 valence electrons. The van der Waals surface area contributed by atoms with E-state index in [1.54, 1.807) is 16.5 Å². The van der Waals surface area contributed by atoms with Crippen molar-refractivity contribution in [2.45, 2.75) is 40.2 Å². The molecule has 3 aromatic rings. The Bertz CT molecular complexity index is 1230. The second-order valence-electron chi connectivity index (χ2n) is 8.18. The molecule has 0 radical (unpaired) electrons. The van der Waals surface area contributed by atoms with Gasteiger partial charge >= 0.3 is 5.97 Å². The summed E-state index contributed by atoms with van der Waals surface area (Å²) in [6.07, 6.45) is 2.24. The first-order valence-corrected chi connectivity index (χ1v) is 11.4. The standard InChI is InChI=1S/C26H29N5O3/c1-5-19-9-7-8-10-21(19)29-22(32)15-30-18(4)23(25(33)34-6-2)24(31-26(30)27-16-28-31)20-13-11-17(3)12-14-20/h7-14,16,24H,5-6,15H2,1-4H3,(H,29,32)/t24-/m1/s1. The number of aryl methyl sites for hydroxylation is 2. The Morgan fingerprint density at radius 3 is 2.50 bits per heavy atom. The zero-order chi connectivity index (χ0) is 24.2. The van der Waals surface area contributed by atoms with E-state index < -0.39 is 12.0 Å². The van der Waals surface area contributed by atoms with Crippen molar-refractivity contribution in [3.63, 3.8) is 0 Å². The maximum Gasteiger partial charge on any atom is 0.338 e. The number of para-hydroxylation sites is 1. The Balaban J connectivity index is 1.72. The van der Waals surface area contributed by atoms with Crippen molar-refractivity contribution in [2.24, 2.45) is 0 Å². The van der Waals surface area contributed by atoms with Crippen LogP contribution in [0, 0.1) is 6.92 Å². The van der Waals surface area contributed by atoms with Gasteiger partial charge in [0, 0.05) is 11.4 Å². The lowest BCUT2D eigenvalue weighted by molar-refractivity contribution is -0.139. The molecule has 0 spiro atoms. The summed E-state index contributed by atoms with van der Waals surface area (Å²) >= 11 is 0. The molecule has 8 nitrogen and oxygen atoms in total. The van der Waals surface area contributed by atoms with E-state index in [0.717, 1.165) is 28.8 Å². The number of carbonyl (C=O) groups is 2. The molecule has 0 saturated carbocycles. The minimum atomic E-state index is -0.503. The van der Waals surface area contributed by atoms with E-state index in [2.05, 4.69) is 15.4 Å². The quantitative estimate of drug-likeness (QED) is 0.537.